The first-order valence-corrected chi connectivity index (χ1v) is 8.46. The van der Waals surface area contributed by atoms with E-state index in [1.807, 2.05) is 5.38 Å². The van der Waals surface area contributed by atoms with E-state index in [9.17, 15) is 4.79 Å². The van der Waals surface area contributed by atoms with Gasteiger partial charge in [0, 0.05) is 11.4 Å². The molecule has 0 saturated carbocycles. The second kappa shape index (κ2) is 7.02. The average molecular weight is 320 g/mol. The number of amides is 1. The van der Waals surface area contributed by atoms with Crippen LogP contribution in [-0.2, 0) is 17.8 Å². The van der Waals surface area contributed by atoms with Crippen LogP contribution in [0.1, 0.15) is 35.7 Å². The highest BCUT2D eigenvalue weighted by Crippen LogP contribution is 2.17. The van der Waals surface area contributed by atoms with Gasteiger partial charge >= 0.3 is 0 Å². The molecule has 1 fully saturated rings. The summed E-state index contributed by atoms with van der Waals surface area (Å²) in [5.41, 5.74) is 0.815. The zero-order valence-corrected chi connectivity index (χ0v) is 13.5. The molecule has 118 valence electrons. The fraction of sp³-hybridized carbons (Fsp3) is 0.533. The summed E-state index contributed by atoms with van der Waals surface area (Å²) in [4.78, 5) is 19.0. The number of carbonyl (C=O) groups excluding carboxylic acids is 1. The number of hydrogen-bond acceptors (Lipinski definition) is 6. The third-order valence-electron chi connectivity index (χ3n) is 3.64. The van der Waals surface area contributed by atoms with Crippen molar-refractivity contribution >= 4 is 23.1 Å². The molecule has 0 bridgehead atoms. The monoisotopic (exact) mass is 320 g/mol. The molecule has 0 unspecified atom stereocenters. The number of likely N-dealkylation sites (tertiary alicyclic amines) is 1. The Labute approximate surface area is 133 Å². The fourth-order valence-corrected chi connectivity index (χ4v) is 3.42. The minimum absolute atomic E-state index is 0.122. The molecule has 0 spiro atoms. The maximum absolute atomic E-state index is 12.0. The summed E-state index contributed by atoms with van der Waals surface area (Å²) >= 11 is 1.63. The van der Waals surface area contributed by atoms with Gasteiger partial charge in [-0.3, -0.25) is 9.69 Å². The van der Waals surface area contributed by atoms with Gasteiger partial charge in [0.1, 0.15) is 10.8 Å². The van der Waals surface area contributed by atoms with Crippen LogP contribution in [0.25, 0.3) is 0 Å². The van der Waals surface area contributed by atoms with Crippen molar-refractivity contribution in [3.05, 3.63) is 27.9 Å². The Morgan fingerprint density at radius 3 is 2.95 bits per heavy atom. The van der Waals surface area contributed by atoms with Crippen molar-refractivity contribution in [2.45, 2.75) is 39.2 Å². The molecular formula is C15H20N4O2S. The lowest BCUT2D eigenvalue weighted by molar-refractivity contribution is -0.115. The van der Waals surface area contributed by atoms with E-state index in [-0.39, 0.29) is 12.3 Å². The van der Waals surface area contributed by atoms with E-state index in [0.29, 0.717) is 11.6 Å². The van der Waals surface area contributed by atoms with E-state index in [1.54, 1.807) is 24.3 Å². The maximum atomic E-state index is 12.0. The Balaban J connectivity index is 1.51. The van der Waals surface area contributed by atoms with Gasteiger partial charge in [0.25, 0.3) is 0 Å². The van der Waals surface area contributed by atoms with Gasteiger partial charge in [-0.05, 0) is 32.9 Å². The van der Waals surface area contributed by atoms with Crippen LogP contribution in [0.15, 0.2) is 16.0 Å². The van der Waals surface area contributed by atoms with Crippen molar-refractivity contribution in [1.29, 1.82) is 0 Å². The van der Waals surface area contributed by atoms with Crippen LogP contribution >= 0.6 is 11.3 Å². The second-order valence-corrected chi connectivity index (χ2v) is 6.56. The highest BCUT2D eigenvalue weighted by Gasteiger charge is 2.14. The van der Waals surface area contributed by atoms with Crippen molar-refractivity contribution in [1.82, 2.24) is 15.0 Å². The number of aromatic nitrogens is 2. The van der Waals surface area contributed by atoms with E-state index >= 15 is 0 Å². The first-order valence-electron chi connectivity index (χ1n) is 7.58. The van der Waals surface area contributed by atoms with Gasteiger partial charge in [0.15, 0.2) is 5.82 Å². The molecule has 1 aliphatic rings. The molecule has 2 aromatic heterocycles. The number of anilines is 1. The lowest BCUT2D eigenvalue weighted by Gasteiger charge is -2.25. The first kappa shape index (κ1) is 15.2. The van der Waals surface area contributed by atoms with Crippen molar-refractivity contribution in [2.24, 2.45) is 0 Å². The van der Waals surface area contributed by atoms with Crippen molar-refractivity contribution in [3.8, 4) is 0 Å². The molecule has 2 aromatic rings. The molecule has 0 aromatic carbocycles. The summed E-state index contributed by atoms with van der Waals surface area (Å²) in [6.45, 7) is 4.99. The molecule has 0 radical (unpaired) electrons. The average Bonchev–Trinajstić information content (AvgIpc) is 3.09. The Morgan fingerprint density at radius 1 is 1.41 bits per heavy atom. The van der Waals surface area contributed by atoms with Gasteiger partial charge in [0.2, 0.25) is 5.91 Å². The van der Waals surface area contributed by atoms with Crippen LogP contribution in [0.5, 0.6) is 0 Å². The summed E-state index contributed by atoms with van der Waals surface area (Å²) in [5, 5.41) is 9.51. The van der Waals surface area contributed by atoms with Crippen LogP contribution in [0, 0.1) is 6.92 Å². The molecule has 0 aliphatic carbocycles. The predicted octanol–water partition coefficient (Wildman–Crippen LogP) is 2.61. The molecule has 0 atom stereocenters. The van der Waals surface area contributed by atoms with Crippen LogP contribution in [0.4, 0.5) is 5.82 Å². The lowest BCUT2D eigenvalue weighted by atomic mass is 10.1. The molecule has 3 heterocycles. The summed E-state index contributed by atoms with van der Waals surface area (Å²) in [6.07, 6.45) is 4.15. The van der Waals surface area contributed by atoms with Crippen molar-refractivity contribution < 1.29 is 9.32 Å². The minimum Gasteiger partial charge on any atom is -0.360 e. The first-order chi connectivity index (χ1) is 10.7. The van der Waals surface area contributed by atoms with Gasteiger partial charge in [0.05, 0.1) is 18.7 Å². The fourth-order valence-electron chi connectivity index (χ4n) is 2.59. The second-order valence-electron chi connectivity index (χ2n) is 5.62. The van der Waals surface area contributed by atoms with Crippen LogP contribution in [0.3, 0.4) is 0 Å². The molecule has 1 amide bonds. The highest BCUT2D eigenvalue weighted by molar-refractivity contribution is 7.09. The van der Waals surface area contributed by atoms with Crippen LogP contribution < -0.4 is 5.32 Å². The van der Waals surface area contributed by atoms with Crippen molar-refractivity contribution in [2.75, 3.05) is 18.4 Å². The molecule has 1 saturated heterocycles. The number of aryl methyl sites for hydroxylation is 1. The van der Waals surface area contributed by atoms with Gasteiger partial charge in [-0.15, -0.1) is 11.3 Å². The highest BCUT2D eigenvalue weighted by atomic mass is 32.1. The van der Waals surface area contributed by atoms with Gasteiger partial charge in [-0.2, -0.15) is 0 Å². The van der Waals surface area contributed by atoms with E-state index in [1.165, 1.54) is 19.3 Å². The topological polar surface area (TPSA) is 71.3 Å². The molecular weight excluding hydrogens is 300 g/mol. The van der Waals surface area contributed by atoms with E-state index in [4.69, 9.17) is 4.52 Å². The maximum Gasteiger partial charge on any atom is 0.231 e. The zero-order valence-electron chi connectivity index (χ0n) is 12.7. The molecule has 6 nitrogen and oxygen atoms in total. The van der Waals surface area contributed by atoms with Crippen molar-refractivity contribution in [3.63, 3.8) is 0 Å². The van der Waals surface area contributed by atoms with E-state index in [2.05, 4.69) is 20.4 Å². The number of rotatable bonds is 5. The van der Waals surface area contributed by atoms with Crippen LogP contribution in [-0.4, -0.2) is 34.0 Å². The number of carbonyl (C=O) groups is 1. The van der Waals surface area contributed by atoms with E-state index < -0.39 is 0 Å². The van der Waals surface area contributed by atoms with E-state index in [0.717, 1.165) is 30.3 Å². The number of nitrogens with one attached hydrogen (secondary N) is 1. The van der Waals surface area contributed by atoms with Gasteiger partial charge in [-0.25, -0.2) is 4.98 Å². The Bertz CT molecular complexity index is 631. The largest absolute Gasteiger partial charge is 0.360 e. The quantitative estimate of drug-likeness (QED) is 0.917. The number of hydrogen-bond donors (Lipinski definition) is 1. The predicted molar refractivity (Wildman–Crippen MR) is 84.8 cm³/mol. The molecule has 1 N–H and O–H groups in total. The summed E-state index contributed by atoms with van der Waals surface area (Å²) < 4.78 is 4.92. The molecule has 7 heteroatoms. The summed E-state index contributed by atoms with van der Waals surface area (Å²) in [6, 6.07) is 1.70. The standard InChI is InChI=1S/C15H20N4O2S/c1-11-7-13(18-21-11)17-14(20)8-12-10-22-15(16-12)9-19-5-3-2-4-6-19/h7,10H,2-6,8-9H2,1H3,(H,17,18,20). The third kappa shape index (κ3) is 4.14. The SMILES string of the molecule is Cc1cc(NC(=O)Cc2csc(CN3CCCCC3)n2)no1. The molecule has 22 heavy (non-hydrogen) atoms. The smallest absolute Gasteiger partial charge is 0.231 e. The Kier molecular flexibility index (Phi) is 4.84. The van der Waals surface area contributed by atoms with Gasteiger partial charge in [-0.1, -0.05) is 11.6 Å². The third-order valence-corrected chi connectivity index (χ3v) is 4.53. The Morgan fingerprint density at radius 2 is 2.23 bits per heavy atom. The number of piperidine rings is 1. The zero-order chi connectivity index (χ0) is 15.4. The molecule has 1 aliphatic heterocycles. The summed E-state index contributed by atoms with van der Waals surface area (Å²) in [5.74, 6) is 1.00. The number of nitrogens with zero attached hydrogens (tertiary/aromatic N) is 3. The normalized spacial score (nSPS) is 15.9. The minimum atomic E-state index is -0.122. The Hall–Kier alpha value is -1.73. The molecule has 3 rings (SSSR count). The summed E-state index contributed by atoms with van der Waals surface area (Å²) in [7, 11) is 0. The lowest BCUT2D eigenvalue weighted by Crippen LogP contribution is -2.29. The van der Waals surface area contributed by atoms with Crippen LogP contribution in [0.2, 0.25) is 0 Å². The van der Waals surface area contributed by atoms with Gasteiger partial charge < -0.3 is 9.84 Å². The number of thiazole rings is 1.